The molecule has 0 spiro atoms. The smallest absolute Gasteiger partial charge is 0.412 e. The van der Waals surface area contributed by atoms with Gasteiger partial charge in [0.15, 0.2) is 0 Å². The van der Waals surface area contributed by atoms with E-state index in [4.69, 9.17) is 4.74 Å². The van der Waals surface area contributed by atoms with Gasteiger partial charge in [-0.2, -0.15) is 5.10 Å². The van der Waals surface area contributed by atoms with E-state index in [1.807, 2.05) is 30.3 Å². The molecular weight excluding hydrogens is 367 g/mol. The summed E-state index contributed by atoms with van der Waals surface area (Å²) in [6.45, 7) is 2.00. The number of hydrogen-bond acceptors (Lipinski definition) is 6. The Bertz CT molecular complexity index is 944. The molecule has 0 atom stereocenters. The predicted molar refractivity (Wildman–Crippen MR) is 106 cm³/mol. The number of carbonyl (C=O) groups is 1. The normalized spacial score (nSPS) is 10.7. The van der Waals surface area contributed by atoms with Crippen molar-refractivity contribution >= 4 is 33.8 Å². The summed E-state index contributed by atoms with van der Waals surface area (Å²) in [5.74, 6) is -0.364. The molecular formula is C19H17FN4O2S. The Morgan fingerprint density at radius 2 is 1.96 bits per heavy atom. The number of aromatic nitrogens is 1. The number of benzene rings is 2. The van der Waals surface area contributed by atoms with Gasteiger partial charge in [0.1, 0.15) is 16.5 Å². The van der Waals surface area contributed by atoms with Crippen LogP contribution in [0.25, 0.3) is 11.3 Å². The summed E-state index contributed by atoms with van der Waals surface area (Å²) in [5.41, 5.74) is 4.56. The monoisotopic (exact) mass is 384 g/mol. The van der Waals surface area contributed by atoms with Gasteiger partial charge in [-0.15, -0.1) is 0 Å². The third-order valence-electron chi connectivity index (χ3n) is 3.43. The van der Waals surface area contributed by atoms with Crippen LogP contribution in [0.15, 0.2) is 59.7 Å². The molecule has 8 heteroatoms. The molecule has 3 rings (SSSR count). The number of anilines is 2. The molecule has 1 amide bonds. The molecule has 0 aliphatic carbocycles. The highest BCUT2D eigenvalue weighted by molar-refractivity contribution is 7.20. The number of hydrogen-bond donors (Lipinski definition) is 2. The van der Waals surface area contributed by atoms with E-state index in [0.717, 1.165) is 5.56 Å². The second kappa shape index (κ2) is 8.91. The molecule has 0 radical (unpaired) electrons. The zero-order chi connectivity index (χ0) is 19.1. The zero-order valence-corrected chi connectivity index (χ0v) is 15.3. The van der Waals surface area contributed by atoms with Gasteiger partial charge in [0.05, 0.1) is 12.8 Å². The zero-order valence-electron chi connectivity index (χ0n) is 14.5. The van der Waals surface area contributed by atoms with Crippen LogP contribution < -0.4 is 10.7 Å². The highest BCUT2D eigenvalue weighted by atomic mass is 32.1. The lowest BCUT2D eigenvalue weighted by Gasteiger charge is -2.04. The summed E-state index contributed by atoms with van der Waals surface area (Å²) in [6.07, 6.45) is 0.817. The Labute approximate surface area is 159 Å². The molecule has 1 aromatic heterocycles. The standard InChI is InChI=1S/C19H17FN4O2S/c1-2-26-19(25)23-17-16(13-8-4-3-5-9-13)22-18(27-17)24-21-12-14-10-6-7-11-15(14)20/h3-12H,2H2,1H3,(H,22,24)(H,23,25). The quantitative estimate of drug-likeness (QED) is 0.465. The molecule has 3 aromatic rings. The van der Waals surface area contributed by atoms with Crippen molar-refractivity contribution in [1.29, 1.82) is 0 Å². The molecule has 6 nitrogen and oxygen atoms in total. The predicted octanol–water partition coefficient (Wildman–Crippen LogP) is 4.96. The Morgan fingerprint density at radius 1 is 1.22 bits per heavy atom. The molecule has 2 aromatic carbocycles. The lowest BCUT2D eigenvalue weighted by molar-refractivity contribution is 0.168. The number of nitrogens with one attached hydrogen (secondary N) is 2. The first kappa shape index (κ1) is 18.5. The second-order valence-electron chi connectivity index (χ2n) is 5.30. The number of halogens is 1. The minimum absolute atomic E-state index is 0.267. The fraction of sp³-hybridized carbons (Fsp3) is 0.105. The number of amides is 1. The fourth-order valence-electron chi connectivity index (χ4n) is 2.24. The van der Waals surface area contributed by atoms with E-state index in [-0.39, 0.29) is 12.4 Å². The van der Waals surface area contributed by atoms with Gasteiger partial charge in [-0.05, 0) is 13.0 Å². The molecule has 0 bridgehead atoms. The summed E-state index contributed by atoms with van der Waals surface area (Å²) < 4.78 is 18.6. The summed E-state index contributed by atoms with van der Waals surface area (Å²) in [5, 5.41) is 7.70. The first-order valence-corrected chi connectivity index (χ1v) is 9.02. The molecule has 2 N–H and O–H groups in total. The van der Waals surface area contributed by atoms with E-state index in [1.54, 1.807) is 25.1 Å². The first-order valence-electron chi connectivity index (χ1n) is 8.21. The van der Waals surface area contributed by atoms with Gasteiger partial charge < -0.3 is 4.74 Å². The molecule has 0 saturated carbocycles. The summed E-state index contributed by atoms with van der Waals surface area (Å²) in [7, 11) is 0. The van der Waals surface area contributed by atoms with Crippen molar-refractivity contribution in [2.24, 2.45) is 5.10 Å². The summed E-state index contributed by atoms with van der Waals surface area (Å²) >= 11 is 1.21. The lowest BCUT2D eigenvalue weighted by Crippen LogP contribution is -2.12. The molecule has 27 heavy (non-hydrogen) atoms. The summed E-state index contributed by atoms with van der Waals surface area (Å²) in [4.78, 5) is 16.3. The third kappa shape index (κ3) is 4.89. The van der Waals surface area contributed by atoms with Crippen LogP contribution in [0.5, 0.6) is 0 Å². The summed E-state index contributed by atoms with van der Waals surface area (Å²) in [6, 6.07) is 15.7. The van der Waals surface area contributed by atoms with Crippen molar-refractivity contribution in [3.63, 3.8) is 0 Å². The van der Waals surface area contributed by atoms with Gasteiger partial charge in [0.25, 0.3) is 0 Å². The molecule has 138 valence electrons. The number of ether oxygens (including phenoxy) is 1. The van der Waals surface area contributed by atoms with Crippen LogP contribution in [-0.4, -0.2) is 23.9 Å². The maximum atomic E-state index is 13.6. The van der Waals surface area contributed by atoms with E-state index in [0.29, 0.717) is 21.4 Å². The van der Waals surface area contributed by atoms with E-state index in [9.17, 15) is 9.18 Å². The average Bonchev–Trinajstić information content (AvgIpc) is 3.07. The highest BCUT2D eigenvalue weighted by Gasteiger charge is 2.15. The van der Waals surface area contributed by atoms with E-state index >= 15 is 0 Å². The van der Waals surface area contributed by atoms with Crippen LogP contribution in [0.3, 0.4) is 0 Å². The van der Waals surface area contributed by atoms with Gasteiger partial charge in [-0.3, -0.25) is 10.7 Å². The van der Waals surface area contributed by atoms with Crippen LogP contribution in [0.4, 0.5) is 19.3 Å². The Morgan fingerprint density at radius 3 is 2.70 bits per heavy atom. The van der Waals surface area contributed by atoms with Crippen molar-refractivity contribution in [3.05, 3.63) is 66.0 Å². The topological polar surface area (TPSA) is 75.6 Å². The maximum absolute atomic E-state index is 13.6. The van der Waals surface area contributed by atoms with E-state index in [1.165, 1.54) is 23.6 Å². The molecule has 0 saturated heterocycles. The Hall–Kier alpha value is -3.26. The minimum atomic E-state index is -0.556. The van der Waals surface area contributed by atoms with Crippen LogP contribution in [0, 0.1) is 5.82 Å². The largest absolute Gasteiger partial charge is 0.450 e. The van der Waals surface area contributed by atoms with E-state index in [2.05, 4.69) is 20.8 Å². The fourth-order valence-corrected chi connectivity index (χ4v) is 3.06. The highest BCUT2D eigenvalue weighted by Crippen LogP contribution is 2.35. The number of thiazole rings is 1. The van der Waals surface area contributed by atoms with Crippen LogP contribution in [-0.2, 0) is 4.74 Å². The molecule has 1 heterocycles. The van der Waals surface area contributed by atoms with Gasteiger partial charge in [-0.1, -0.05) is 59.9 Å². The second-order valence-corrected chi connectivity index (χ2v) is 6.30. The lowest BCUT2D eigenvalue weighted by atomic mass is 10.2. The van der Waals surface area contributed by atoms with Crippen LogP contribution >= 0.6 is 11.3 Å². The SMILES string of the molecule is CCOC(=O)Nc1sc(NN=Cc2ccccc2F)nc1-c1ccccc1. The third-order valence-corrected chi connectivity index (χ3v) is 4.31. The van der Waals surface area contributed by atoms with Crippen LogP contribution in [0.1, 0.15) is 12.5 Å². The Kier molecular flexibility index (Phi) is 6.11. The van der Waals surface area contributed by atoms with Crippen molar-refractivity contribution in [3.8, 4) is 11.3 Å². The molecule has 0 aliphatic heterocycles. The van der Waals surface area contributed by atoms with Gasteiger partial charge in [0, 0.05) is 11.1 Å². The number of rotatable bonds is 6. The van der Waals surface area contributed by atoms with Gasteiger partial charge in [0.2, 0.25) is 5.13 Å². The number of carbonyl (C=O) groups excluding carboxylic acids is 1. The van der Waals surface area contributed by atoms with Gasteiger partial charge >= 0.3 is 6.09 Å². The number of hydrazone groups is 1. The maximum Gasteiger partial charge on any atom is 0.412 e. The molecule has 0 aliphatic rings. The molecule has 0 unspecified atom stereocenters. The van der Waals surface area contributed by atoms with Gasteiger partial charge in [-0.25, -0.2) is 14.2 Å². The minimum Gasteiger partial charge on any atom is -0.450 e. The van der Waals surface area contributed by atoms with Crippen LogP contribution in [0.2, 0.25) is 0 Å². The van der Waals surface area contributed by atoms with E-state index < -0.39 is 6.09 Å². The van der Waals surface area contributed by atoms with Crippen molar-refractivity contribution < 1.29 is 13.9 Å². The van der Waals surface area contributed by atoms with Crippen molar-refractivity contribution in [1.82, 2.24) is 4.98 Å². The van der Waals surface area contributed by atoms with Crippen molar-refractivity contribution in [2.75, 3.05) is 17.3 Å². The van der Waals surface area contributed by atoms with Crippen molar-refractivity contribution in [2.45, 2.75) is 6.92 Å². The average molecular weight is 384 g/mol. The molecule has 0 fully saturated rings. The first-order chi connectivity index (χ1) is 13.2. The number of nitrogens with zero attached hydrogens (tertiary/aromatic N) is 2. The Balaban J connectivity index is 1.82.